The lowest BCUT2D eigenvalue weighted by Gasteiger charge is -2.27. The van der Waals surface area contributed by atoms with Crippen LogP contribution in [0.4, 0.5) is 22.0 Å². The number of thiophene rings is 1. The molecule has 39 heavy (non-hydrogen) atoms. The highest BCUT2D eigenvalue weighted by atomic mass is 32.1. The van der Waals surface area contributed by atoms with Gasteiger partial charge < -0.3 is 20.7 Å². The Morgan fingerprint density at radius 2 is 1.87 bits per heavy atom. The van der Waals surface area contributed by atoms with Crippen LogP contribution < -0.4 is 25.6 Å². The molecule has 3 aromatic heterocycles. The maximum absolute atomic E-state index is 13.3. The van der Waals surface area contributed by atoms with Crippen molar-refractivity contribution in [3.05, 3.63) is 90.7 Å². The molecule has 6 rings (SSSR count). The summed E-state index contributed by atoms with van der Waals surface area (Å²) >= 11 is 1.26. The van der Waals surface area contributed by atoms with Crippen LogP contribution in [0.5, 0.6) is 11.5 Å². The molecule has 0 radical (unpaired) electrons. The Kier molecular flexibility index (Phi) is 6.45. The number of rotatable bonds is 8. The number of ether oxygens (including phenoxy) is 1. The zero-order valence-corrected chi connectivity index (χ0v) is 21.8. The maximum Gasteiger partial charge on any atom is 0.332 e. The van der Waals surface area contributed by atoms with Crippen LogP contribution in [0.3, 0.4) is 0 Å². The molecule has 4 aromatic rings. The number of anilines is 3. The molecule has 196 valence electrons. The topological polar surface area (TPSA) is 108 Å². The third-order valence-corrected chi connectivity index (χ3v) is 7.88. The van der Waals surface area contributed by atoms with Crippen molar-refractivity contribution in [2.45, 2.75) is 31.3 Å². The zero-order chi connectivity index (χ0) is 26.9. The van der Waals surface area contributed by atoms with Crippen molar-refractivity contribution in [1.29, 1.82) is 0 Å². The van der Waals surface area contributed by atoms with Crippen LogP contribution in [-0.4, -0.2) is 34.0 Å². The molecule has 0 unspecified atom stereocenters. The predicted octanol–water partition coefficient (Wildman–Crippen LogP) is 6.11. The molecule has 1 saturated carbocycles. The number of allylic oxidation sites excluding steroid dienone is 1. The fourth-order valence-electron chi connectivity index (χ4n) is 4.98. The SMILES string of the molecule is C=CC(=C)N[C@H]1CC[C@@H](NC(=O)c2sc3nccc4c3c2NC(=O)N4c2ccc(Oc3ccccc3)cn2)C1. The van der Waals surface area contributed by atoms with Gasteiger partial charge in [0.1, 0.15) is 27.0 Å². The molecule has 1 aromatic carbocycles. The van der Waals surface area contributed by atoms with E-state index in [1.807, 2.05) is 30.3 Å². The third kappa shape index (κ3) is 4.82. The Labute approximate surface area is 229 Å². The van der Waals surface area contributed by atoms with Gasteiger partial charge in [0, 0.05) is 24.0 Å². The van der Waals surface area contributed by atoms with Crippen molar-refractivity contribution in [3.63, 3.8) is 0 Å². The molecule has 0 bridgehead atoms. The minimum atomic E-state index is -0.403. The number of benzene rings is 1. The van der Waals surface area contributed by atoms with Crippen molar-refractivity contribution < 1.29 is 14.3 Å². The van der Waals surface area contributed by atoms with E-state index in [4.69, 9.17) is 4.74 Å². The molecule has 1 aliphatic carbocycles. The van der Waals surface area contributed by atoms with E-state index in [1.165, 1.54) is 16.2 Å². The van der Waals surface area contributed by atoms with Crippen LogP contribution in [0.25, 0.3) is 10.2 Å². The fourth-order valence-corrected chi connectivity index (χ4v) is 6.00. The van der Waals surface area contributed by atoms with E-state index in [9.17, 15) is 9.59 Å². The average Bonchev–Trinajstić information content (AvgIpc) is 3.55. The summed E-state index contributed by atoms with van der Waals surface area (Å²) in [6.45, 7) is 7.64. The largest absolute Gasteiger partial charge is 0.456 e. The van der Waals surface area contributed by atoms with Crippen molar-refractivity contribution in [2.24, 2.45) is 0 Å². The zero-order valence-electron chi connectivity index (χ0n) is 21.0. The first-order valence-corrected chi connectivity index (χ1v) is 13.4. The quantitative estimate of drug-likeness (QED) is 0.234. The van der Waals surface area contributed by atoms with Crippen molar-refractivity contribution in [2.75, 3.05) is 10.2 Å². The summed E-state index contributed by atoms with van der Waals surface area (Å²) in [7, 11) is 0. The summed E-state index contributed by atoms with van der Waals surface area (Å²) in [5.41, 5.74) is 1.87. The third-order valence-electron chi connectivity index (χ3n) is 6.78. The summed E-state index contributed by atoms with van der Waals surface area (Å²) in [5.74, 6) is 1.45. The minimum Gasteiger partial charge on any atom is -0.456 e. The first-order valence-electron chi connectivity index (χ1n) is 12.6. The molecular formula is C29H26N6O3S. The van der Waals surface area contributed by atoms with Crippen LogP contribution in [0.15, 0.2) is 85.9 Å². The molecule has 1 aliphatic heterocycles. The minimum absolute atomic E-state index is 0.0223. The van der Waals surface area contributed by atoms with Crippen LogP contribution >= 0.6 is 11.3 Å². The maximum atomic E-state index is 13.3. The van der Waals surface area contributed by atoms with Gasteiger partial charge in [-0.25, -0.2) is 19.7 Å². The van der Waals surface area contributed by atoms with Crippen LogP contribution in [0.1, 0.15) is 28.9 Å². The normalized spacial score (nSPS) is 17.9. The summed E-state index contributed by atoms with van der Waals surface area (Å²) in [4.78, 5) is 38.2. The molecule has 9 nitrogen and oxygen atoms in total. The van der Waals surface area contributed by atoms with Gasteiger partial charge in [0.15, 0.2) is 0 Å². The second-order valence-corrected chi connectivity index (χ2v) is 10.4. The number of hydrogen-bond acceptors (Lipinski definition) is 7. The van der Waals surface area contributed by atoms with Gasteiger partial charge in [0.2, 0.25) is 0 Å². The van der Waals surface area contributed by atoms with Gasteiger partial charge >= 0.3 is 6.03 Å². The highest BCUT2D eigenvalue weighted by molar-refractivity contribution is 7.21. The molecule has 0 spiro atoms. The lowest BCUT2D eigenvalue weighted by atomic mass is 10.1. The Morgan fingerprint density at radius 1 is 1.08 bits per heavy atom. The number of nitrogens with zero attached hydrogens (tertiary/aromatic N) is 3. The van der Waals surface area contributed by atoms with Crippen molar-refractivity contribution in [1.82, 2.24) is 20.6 Å². The van der Waals surface area contributed by atoms with E-state index in [2.05, 4.69) is 39.1 Å². The van der Waals surface area contributed by atoms with E-state index in [1.54, 1.807) is 36.7 Å². The number of para-hydroxylation sites is 1. The van der Waals surface area contributed by atoms with Crippen LogP contribution in [-0.2, 0) is 0 Å². The molecular weight excluding hydrogens is 512 g/mol. The highest BCUT2D eigenvalue weighted by Gasteiger charge is 2.34. The average molecular weight is 539 g/mol. The van der Waals surface area contributed by atoms with Gasteiger partial charge in [-0.15, -0.1) is 11.3 Å². The fraction of sp³-hybridized carbons (Fsp3) is 0.172. The lowest BCUT2D eigenvalue weighted by molar-refractivity contribution is 0.0942. The lowest BCUT2D eigenvalue weighted by Crippen LogP contribution is -2.37. The van der Waals surface area contributed by atoms with Crippen molar-refractivity contribution in [3.8, 4) is 11.5 Å². The Bertz CT molecular complexity index is 1580. The smallest absolute Gasteiger partial charge is 0.332 e. The van der Waals surface area contributed by atoms with Gasteiger partial charge in [-0.3, -0.25) is 4.79 Å². The summed E-state index contributed by atoms with van der Waals surface area (Å²) < 4.78 is 5.83. The summed E-state index contributed by atoms with van der Waals surface area (Å²) in [5, 5.41) is 10.1. The molecule has 4 heterocycles. The molecule has 2 aliphatic rings. The number of pyridine rings is 2. The number of urea groups is 1. The first kappa shape index (κ1) is 24.6. The Morgan fingerprint density at radius 3 is 2.62 bits per heavy atom. The van der Waals surface area contributed by atoms with Gasteiger partial charge in [-0.2, -0.15) is 0 Å². The molecule has 1 fully saturated rings. The number of carbonyl (C=O) groups is 2. The highest BCUT2D eigenvalue weighted by Crippen LogP contribution is 2.45. The number of carbonyl (C=O) groups excluding carboxylic acids is 2. The van der Waals surface area contributed by atoms with Crippen LogP contribution in [0, 0.1) is 0 Å². The number of amides is 3. The second-order valence-electron chi connectivity index (χ2n) is 9.40. The molecule has 3 amide bonds. The number of hydrogen-bond donors (Lipinski definition) is 3. The van der Waals surface area contributed by atoms with Gasteiger partial charge in [-0.05, 0) is 55.7 Å². The molecule has 2 atom stereocenters. The van der Waals surface area contributed by atoms with E-state index in [0.717, 1.165) is 25.0 Å². The summed E-state index contributed by atoms with van der Waals surface area (Å²) in [6.07, 6.45) is 7.47. The Balaban J connectivity index is 1.24. The van der Waals surface area contributed by atoms with E-state index in [0.29, 0.717) is 43.8 Å². The van der Waals surface area contributed by atoms with E-state index < -0.39 is 6.03 Å². The standard InChI is InChI=1S/C29H26N6O3S/c1-3-17(2)32-18-9-10-19(15-18)33-27(36)26-25-24-22(13-14-30-28(24)39-26)35(29(37)34-25)23-12-11-21(16-31-23)38-20-7-5-4-6-8-20/h3-8,11-14,16,18-19,32H,1-2,9-10,15H2,(H,33,36)(H,34,37)/t18-,19+/m0/s1. The van der Waals surface area contributed by atoms with E-state index >= 15 is 0 Å². The molecule has 0 saturated heterocycles. The van der Waals surface area contributed by atoms with Gasteiger partial charge in [0.25, 0.3) is 5.91 Å². The first-order chi connectivity index (χ1) is 19.0. The van der Waals surface area contributed by atoms with E-state index in [-0.39, 0.29) is 18.0 Å². The second kappa shape index (κ2) is 10.2. The number of nitrogens with one attached hydrogen (secondary N) is 3. The summed E-state index contributed by atoms with van der Waals surface area (Å²) in [6, 6.07) is 14.5. The molecule has 10 heteroatoms. The Hall–Kier alpha value is -4.70. The predicted molar refractivity (Wildman–Crippen MR) is 153 cm³/mol. The molecule has 3 N–H and O–H groups in total. The van der Waals surface area contributed by atoms with Gasteiger partial charge in [0.05, 0.1) is 23.0 Å². The number of aromatic nitrogens is 2. The monoisotopic (exact) mass is 538 g/mol. The van der Waals surface area contributed by atoms with Gasteiger partial charge in [-0.1, -0.05) is 31.4 Å². The van der Waals surface area contributed by atoms with Crippen molar-refractivity contribution >= 4 is 50.7 Å². The van der Waals surface area contributed by atoms with Crippen LogP contribution in [0.2, 0.25) is 0 Å².